The molecular formula is C13H11NO4. The van der Waals surface area contributed by atoms with Gasteiger partial charge in [0, 0.05) is 5.56 Å². The maximum absolute atomic E-state index is 11.8. The van der Waals surface area contributed by atoms with Crippen LogP contribution in [0.4, 0.5) is 0 Å². The third-order valence-electron chi connectivity index (χ3n) is 2.58. The lowest BCUT2D eigenvalue weighted by atomic mass is 10.1. The van der Waals surface area contributed by atoms with Gasteiger partial charge in [-0.25, -0.2) is 4.79 Å². The molecule has 1 aromatic carbocycles. The van der Waals surface area contributed by atoms with E-state index in [4.69, 9.17) is 0 Å². The van der Waals surface area contributed by atoms with Gasteiger partial charge in [0.15, 0.2) is 0 Å². The highest BCUT2D eigenvalue weighted by Crippen LogP contribution is 2.10. The molecule has 1 saturated heterocycles. The first-order valence-electron chi connectivity index (χ1n) is 5.38. The Kier molecular flexibility index (Phi) is 3.23. The van der Waals surface area contributed by atoms with Crippen LogP contribution in [0.3, 0.4) is 0 Å². The van der Waals surface area contributed by atoms with Crippen LogP contribution in [0.5, 0.6) is 0 Å². The van der Waals surface area contributed by atoms with Crippen LogP contribution in [-0.2, 0) is 14.3 Å². The number of ether oxygens (including phenoxy) is 1. The Labute approximate surface area is 103 Å². The van der Waals surface area contributed by atoms with Crippen molar-refractivity contribution < 1.29 is 19.1 Å². The molecule has 1 aliphatic heterocycles. The number of carbonyl (C=O) groups excluding carboxylic acids is 3. The van der Waals surface area contributed by atoms with Crippen molar-refractivity contribution in [1.82, 2.24) is 5.32 Å². The van der Waals surface area contributed by atoms with Gasteiger partial charge in [-0.2, -0.15) is 0 Å². The van der Waals surface area contributed by atoms with Gasteiger partial charge in [0.1, 0.15) is 6.04 Å². The third-order valence-corrected chi connectivity index (χ3v) is 2.58. The molecule has 1 amide bonds. The van der Waals surface area contributed by atoms with Crippen molar-refractivity contribution in [3.63, 3.8) is 0 Å². The fourth-order valence-corrected chi connectivity index (χ4v) is 1.60. The van der Waals surface area contributed by atoms with E-state index in [1.165, 1.54) is 0 Å². The number of benzene rings is 1. The van der Waals surface area contributed by atoms with Crippen molar-refractivity contribution in [1.29, 1.82) is 0 Å². The van der Waals surface area contributed by atoms with Gasteiger partial charge in [-0.15, -0.1) is 0 Å². The molecule has 0 spiro atoms. The molecule has 1 N–H and O–H groups in total. The highest BCUT2D eigenvalue weighted by atomic mass is 16.6. The van der Waals surface area contributed by atoms with Gasteiger partial charge in [-0.05, 0) is 17.7 Å². The van der Waals surface area contributed by atoms with Gasteiger partial charge in [-0.3, -0.25) is 9.59 Å². The second kappa shape index (κ2) is 4.83. The average molecular weight is 245 g/mol. The molecule has 92 valence electrons. The van der Waals surface area contributed by atoms with E-state index in [1.807, 2.05) is 0 Å². The van der Waals surface area contributed by atoms with Crippen molar-refractivity contribution >= 4 is 23.9 Å². The SMILES string of the molecule is C=Cc1ccc(C(=O)NC2CC(=O)OC2=O)cc1. The molecule has 0 aromatic heterocycles. The second-order valence-electron chi connectivity index (χ2n) is 3.85. The second-order valence-corrected chi connectivity index (χ2v) is 3.85. The molecule has 1 fully saturated rings. The van der Waals surface area contributed by atoms with Gasteiger partial charge in [0.25, 0.3) is 5.91 Å². The van der Waals surface area contributed by atoms with E-state index in [1.54, 1.807) is 30.3 Å². The topological polar surface area (TPSA) is 72.5 Å². The van der Waals surface area contributed by atoms with E-state index in [-0.39, 0.29) is 6.42 Å². The maximum Gasteiger partial charge on any atom is 0.336 e. The van der Waals surface area contributed by atoms with Crippen molar-refractivity contribution in [2.75, 3.05) is 0 Å². The molecular weight excluding hydrogens is 234 g/mol. The van der Waals surface area contributed by atoms with Crippen LogP contribution >= 0.6 is 0 Å². The lowest BCUT2D eigenvalue weighted by molar-refractivity contribution is -0.152. The zero-order valence-electron chi connectivity index (χ0n) is 9.51. The van der Waals surface area contributed by atoms with E-state index in [0.717, 1.165) is 5.56 Å². The summed E-state index contributed by atoms with van der Waals surface area (Å²) in [6, 6.07) is 5.83. The summed E-state index contributed by atoms with van der Waals surface area (Å²) < 4.78 is 4.34. The van der Waals surface area contributed by atoms with E-state index >= 15 is 0 Å². The standard InChI is InChI=1S/C13H11NO4/c1-2-8-3-5-9(6-4-8)12(16)14-10-7-11(15)18-13(10)17/h2-6,10H,1,7H2,(H,14,16). The largest absolute Gasteiger partial charge is 0.392 e. The molecule has 0 bridgehead atoms. The number of hydrogen-bond acceptors (Lipinski definition) is 4. The Morgan fingerprint density at radius 3 is 2.50 bits per heavy atom. The summed E-state index contributed by atoms with van der Waals surface area (Å²) >= 11 is 0. The van der Waals surface area contributed by atoms with Gasteiger partial charge in [-0.1, -0.05) is 24.8 Å². The summed E-state index contributed by atoms with van der Waals surface area (Å²) in [4.78, 5) is 33.8. The van der Waals surface area contributed by atoms with Crippen LogP contribution in [0.15, 0.2) is 30.8 Å². The average Bonchev–Trinajstić information content (AvgIpc) is 2.68. The first-order valence-corrected chi connectivity index (χ1v) is 5.38. The summed E-state index contributed by atoms with van der Waals surface area (Å²) in [7, 11) is 0. The van der Waals surface area contributed by atoms with Crippen molar-refractivity contribution in [3.8, 4) is 0 Å². The quantitative estimate of drug-likeness (QED) is 0.634. The summed E-state index contributed by atoms with van der Waals surface area (Å²) in [6.45, 7) is 3.61. The van der Waals surface area contributed by atoms with Crippen LogP contribution < -0.4 is 5.32 Å². The highest BCUT2D eigenvalue weighted by molar-refractivity contribution is 6.02. The van der Waals surface area contributed by atoms with Crippen LogP contribution in [0, 0.1) is 0 Å². The molecule has 5 heteroatoms. The van der Waals surface area contributed by atoms with E-state index < -0.39 is 23.9 Å². The Hall–Kier alpha value is -2.43. The van der Waals surface area contributed by atoms with E-state index in [9.17, 15) is 14.4 Å². The first kappa shape index (κ1) is 12.0. The molecule has 0 aliphatic carbocycles. The highest BCUT2D eigenvalue weighted by Gasteiger charge is 2.34. The minimum Gasteiger partial charge on any atom is -0.392 e. The molecule has 1 atom stereocenters. The molecule has 2 rings (SSSR count). The van der Waals surface area contributed by atoms with Crippen molar-refractivity contribution in [2.45, 2.75) is 12.5 Å². The molecule has 1 aliphatic rings. The molecule has 1 unspecified atom stereocenters. The van der Waals surface area contributed by atoms with Crippen LogP contribution in [-0.4, -0.2) is 23.9 Å². The Morgan fingerprint density at radius 2 is 2.00 bits per heavy atom. The zero-order chi connectivity index (χ0) is 13.1. The predicted molar refractivity (Wildman–Crippen MR) is 63.5 cm³/mol. The van der Waals surface area contributed by atoms with E-state index in [0.29, 0.717) is 5.56 Å². The fraction of sp³-hybridized carbons (Fsp3) is 0.154. The van der Waals surface area contributed by atoms with E-state index in [2.05, 4.69) is 16.6 Å². The molecule has 5 nitrogen and oxygen atoms in total. The number of nitrogens with one attached hydrogen (secondary N) is 1. The van der Waals surface area contributed by atoms with Crippen LogP contribution in [0.2, 0.25) is 0 Å². The lowest BCUT2D eigenvalue weighted by Crippen LogP contribution is -2.37. The predicted octanol–water partition coefficient (Wildman–Crippen LogP) is 0.901. The third kappa shape index (κ3) is 2.45. The number of carbonyl (C=O) groups is 3. The van der Waals surface area contributed by atoms with Gasteiger partial charge < -0.3 is 10.1 Å². The fourth-order valence-electron chi connectivity index (χ4n) is 1.60. The van der Waals surface area contributed by atoms with Crippen molar-refractivity contribution in [2.24, 2.45) is 0 Å². The number of amides is 1. The summed E-state index contributed by atoms with van der Waals surface area (Å²) in [5.74, 6) is -1.74. The van der Waals surface area contributed by atoms with Gasteiger partial charge in [0.2, 0.25) is 0 Å². The number of esters is 2. The van der Waals surface area contributed by atoms with Crippen LogP contribution in [0.25, 0.3) is 6.08 Å². The molecule has 18 heavy (non-hydrogen) atoms. The van der Waals surface area contributed by atoms with Gasteiger partial charge in [0.05, 0.1) is 6.42 Å². The molecule has 0 saturated carbocycles. The summed E-state index contributed by atoms with van der Waals surface area (Å²) in [5.41, 5.74) is 1.30. The van der Waals surface area contributed by atoms with Crippen molar-refractivity contribution in [3.05, 3.63) is 42.0 Å². The molecule has 1 heterocycles. The lowest BCUT2D eigenvalue weighted by Gasteiger charge is -2.08. The number of cyclic esters (lactones) is 2. The Morgan fingerprint density at radius 1 is 1.33 bits per heavy atom. The zero-order valence-corrected chi connectivity index (χ0v) is 9.51. The van der Waals surface area contributed by atoms with Crippen LogP contribution in [0.1, 0.15) is 22.3 Å². The minimum absolute atomic E-state index is 0.116. The normalized spacial score (nSPS) is 18.3. The summed E-state index contributed by atoms with van der Waals surface area (Å²) in [6.07, 6.45) is 1.55. The number of hydrogen-bond donors (Lipinski definition) is 1. The Balaban J connectivity index is 2.05. The molecule has 0 radical (unpaired) electrons. The van der Waals surface area contributed by atoms with Gasteiger partial charge >= 0.3 is 11.9 Å². The minimum atomic E-state index is -0.885. The summed E-state index contributed by atoms with van der Waals surface area (Å²) in [5, 5.41) is 2.45. The first-order chi connectivity index (χ1) is 8.60. The Bertz CT molecular complexity index is 518. The smallest absolute Gasteiger partial charge is 0.336 e. The number of rotatable bonds is 3. The monoisotopic (exact) mass is 245 g/mol. The molecule has 1 aromatic rings. The maximum atomic E-state index is 11.8.